The standard InChI is InChI=1S/C113H135N23O14/c1-71(110(143)131(13)72(2)111(144)132(14)73(3)112(145)136(69-99(114)137)47-19-18-46-128(10)100(138)29-22-58-148-83-26-20-24-74(60-83)105-116-89-41-32-76(63-93(89)120-105)107-118-91-43-36-81(65-95(91)122-107)133-53-48-126(8)49-54-133)130(12)103(141)70-135(102(140)28-16-15-17-45-115-109(142)78-31-38-85(88(62-78)113(146)147)104-86-39-34-79(124(4)5)67-97(86)150-98-68-80(125(6)7)35-40-87(98)104)57-52-129(11)101(139)30-23-59-149-84-27-21-25-75(61-84)106-117-90-42-33-77(64-94(90)121-106)108-119-92-44-37-82(66-96(92)123-108)134-55-50-127(9)51-56-134/h20-21,24-27,31-44,60-68,71-73,115H,15-19,22-23,28-30,45-59,69-70H2,1-14H3,(H6,114,116,117,118,119,120,121,122,123,137,142,146,147)/p+1/t71-,72-,73-/m0/s1. The Hall–Kier alpha value is -16.1. The zero-order valence-corrected chi connectivity index (χ0v) is 88.0. The maximum atomic E-state index is 14.6. The minimum Gasteiger partial charge on any atom is -0.494 e. The number of amides is 9. The number of piperazine rings is 2. The van der Waals surface area contributed by atoms with E-state index in [9.17, 15) is 53.1 Å². The molecule has 0 spiro atoms. The lowest BCUT2D eigenvalue weighted by Crippen LogP contribution is -2.57. The highest BCUT2D eigenvalue weighted by molar-refractivity contribution is 6.10. The molecule has 4 aliphatic rings. The summed E-state index contributed by atoms with van der Waals surface area (Å²) in [6.07, 6.45) is 3.13. The molecule has 3 atom stereocenters. The van der Waals surface area contributed by atoms with Crippen molar-refractivity contribution in [1.82, 2.24) is 93.9 Å². The van der Waals surface area contributed by atoms with Gasteiger partial charge in [-0.05, 0) is 206 Å². The van der Waals surface area contributed by atoms with Gasteiger partial charge in [-0.15, -0.1) is 0 Å². The molecule has 2 saturated heterocycles. The number of rotatable bonds is 44. The van der Waals surface area contributed by atoms with Crippen LogP contribution in [0.15, 0.2) is 180 Å². The zero-order valence-electron chi connectivity index (χ0n) is 88.0. The highest BCUT2D eigenvalue weighted by Crippen LogP contribution is 2.43. The summed E-state index contributed by atoms with van der Waals surface area (Å²) in [5, 5.41) is 15.3. The third-order valence-electron chi connectivity index (χ3n) is 28.8. The van der Waals surface area contributed by atoms with Crippen molar-refractivity contribution >= 4 is 131 Å². The number of aromatic nitrogens is 8. The number of carbonyl (C=O) groups excluding carboxylic acids is 9. The number of nitrogens with zero attached hydrogens (tertiary/aromatic N) is 17. The largest absolute Gasteiger partial charge is 0.494 e. The third-order valence-corrected chi connectivity index (χ3v) is 28.8. The molecule has 0 radical (unpaired) electrons. The predicted molar refractivity (Wildman–Crippen MR) is 583 cm³/mol. The van der Waals surface area contributed by atoms with Gasteiger partial charge >= 0.3 is 5.97 Å². The molecule has 786 valence electrons. The smallest absolute Gasteiger partial charge is 0.336 e. The second-order valence-electron chi connectivity index (χ2n) is 39.8. The number of aromatic amines is 4. The molecular weight excluding hydrogens is 1900 g/mol. The highest BCUT2D eigenvalue weighted by Gasteiger charge is 2.37. The van der Waals surface area contributed by atoms with Gasteiger partial charge in [-0.1, -0.05) is 36.8 Å². The molecular formula is C113H136N23O14+. The van der Waals surface area contributed by atoms with E-state index in [0.717, 1.165) is 147 Å². The van der Waals surface area contributed by atoms with E-state index in [-0.39, 0.29) is 81.6 Å². The zero-order chi connectivity index (χ0) is 106. The average Bonchev–Trinajstić information content (AvgIpc) is 1.10. The quantitative estimate of drug-likeness (QED) is 0.0106. The van der Waals surface area contributed by atoms with Crippen LogP contribution in [0.3, 0.4) is 0 Å². The summed E-state index contributed by atoms with van der Waals surface area (Å²) in [6.45, 7) is 12.6. The van der Waals surface area contributed by atoms with Crippen molar-refractivity contribution in [1.29, 1.82) is 0 Å². The lowest BCUT2D eigenvalue weighted by Gasteiger charge is -2.36. The number of ether oxygens (including phenoxy) is 2. The molecule has 9 amide bonds. The summed E-state index contributed by atoms with van der Waals surface area (Å²) in [5.41, 5.74) is 21.7. The Morgan fingerprint density at radius 1 is 0.453 bits per heavy atom. The normalized spacial score (nSPS) is 13.6. The van der Waals surface area contributed by atoms with E-state index in [1.54, 1.807) is 31.1 Å². The van der Waals surface area contributed by atoms with E-state index < -0.39 is 78.5 Å². The number of H-pyrrole nitrogens is 4. The van der Waals surface area contributed by atoms with Gasteiger partial charge in [0.05, 0.1) is 82.1 Å². The number of primary amides is 1. The molecule has 1 aliphatic carbocycles. The Morgan fingerprint density at radius 2 is 0.953 bits per heavy atom. The first-order valence-electron chi connectivity index (χ1n) is 51.3. The van der Waals surface area contributed by atoms with Crippen LogP contribution in [-0.4, -0.2) is 355 Å². The number of benzene rings is 9. The summed E-state index contributed by atoms with van der Waals surface area (Å²) in [5.74, 6) is -1.11. The molecule has 3 aliphatic heterocycles. The van der Waals surface area contributed by atoms with E-state index >= 15 is 0 Å². The van der Waals surface area contributed by atoms with Gasteiger partial charge in [-0.25, -0.2) is 29.3 Å². The summed E-state index contributed by atoms with van der Waals surface area (Å²) in [4.78, 5) is 194. The van der Waals surface area contributed by atoms with Gasteiger partial charge in [0.15, 0.2) is 0 Å². The first-order valence-corrected chi connectivity index (χ1v) is 51.3. The lowest BCUT2D eigenvalue weighted by atomic mass is 9.89. The van der Waals surface area contributed by atoms with Gasteiger partial charge in [-0.3, -0.25) is 43.2 Å². The minimum atomic E-state index is -1.23. The van der Waals surface area contributed by atoms with Crippen LogP contribution in [0.25, 0.3) is 123 Å². The molecule has 0 saturated carbocycles. The molecule has 0 unspecified atom stereocenters. The minimum absolute atomic E-state index is 0.0312. The lowest BCUT2D eigenvalue weighted by molar-refractivity contribution is -0.152. The number of carboxylic acids is 1. The Bertz CT molecular complexity index is 7370. The number of carbonyl (C=O) groups is 10. The SMILES string of the molecule is C[C@@H](C(=O)N(C)[C@@H](C)C(=O)N(C)[C@@H](C)C(=O)N(CCCCN(C)C(=O)CCCOc1cccc(-c2nc3ccc(-c4nc5cc(N6CCN(C)CC6)ccc5[nH]4)cc3[nH]2)c1)CC(N)=O)N(C)C(=O)CN(CCN(C)C(=O)CCCOc1cccc(-c2nc3ccc(-c4nc5cc(N6CCN(C)CC6)ccc5[nH]4)cc3[nH]2)c1)C(=O)CCCCCNC(=O)c1ccc(-c2c3ccc(=[N+](C)C)cc-3oc3cc(N(C)C)ccc23)c(C(=O)O)c1. The number of carboxylic acid groups (broad SMARTS) is 1. The van der Waals surface area contributed by atoms with Crippen LogP contribution in [0.1, 0.15) is 106 Å². The van der Waals surface area contributed by atoms with Crippen LogP contribution in [-0.2, 0) is 38.4 Å². The van der Waals surface area contributed by atoms with Crippen molar-refractivity contribution in [2.24, 2.45) is 5.73 Å². The van der Waals surface area contributed by atoms with Gasteiger partial charge in [0.25, 0.3) is 5.91 Å². The maximum absolute atomic E-state index is 14.6. The predicted octanol–water partition coefficient (Wildman–Crippen LogP) is 12.1. The van der Waals surface area contributed by atoms with E-state index in [2.05, 4.69) is 95.3 Å². The Morgan fingerprint density at radius 3 is 1.49 bits per heavy atom. The van der Waals surface area contributed by atoms with Crippen molar-refractivity contribution < 1.29 is 66.9 Å². The van der Waals surface area contributed by atoms with Crippen LogP contribution in [0, 0.1) is 0 Å². The van der Waals surface area contributed by atoms with Gasteiger partial charge < -0.3 is 109 Å². The fraction of sp³-hybridized carbons (Fsp3) is 0.389. The Labute approximate surface area is 871 Å². The van der Waals surface area contributed by atoms with Gasteiger partial charge in [0, 0.05) is 227 Å². The summed E-state index contributed by atoms with van der Waals surface area (Å²) in [7, 11) is 19.5. The Kier molecular flexibility index (Phi) is 34.0. The number of aromatic carboxylic acids is 1. The van der Waals surface area contributed by atoms with Crippen molar-refractivity contribution in [3.63, 3.8) is 0 Å². The topological polar surface area (TPSA) is 417 Å². The molecule has 12 aromatic rings. The number of unbranched alkanes of at least 4 members (excludes halogenated alkanes) is 3. The van der Waals surface area contributed by atoms with E-state index in [1.165, 1.54) is 83.1 Å². The summed E-state index contributed by atoms with van der Waals surface area (Å²) < 4.78 is 20.8. The number of imidazole rings is 4. The number of hydrogen-bond donors (Lipinski definition) is 7. The van der Waals surface area contributed by atoms with Gasteiger partial charge in [0.2, 0.25) is 52.6 Å². The average molecular weight is 2040 g/mol. The molecule has 0 bridgehead atoms. The van der Waals surface area contributed by atoms with Gasteiger partial charge in [0.1, 0.15) is 78.4 Å². The number of likely N-dealkylation sites (N-methyl/N-ethyl adjacent to an activating group) is 6. The number of hydrogen-bond acceptors (Lipinski definition) is 22. The number of fused-ring (bicyclic) bond motifs is 6. The van der Waals surface area contributed by atoms with Crippen LogP contribution in [0.2, 0.25) is 0 Å². The van der Waals surface area contributed by atoms with Gasteiger partial charge in [-0.2, -0.15) is 0 Å². The number of nitrogens with one attached hydrogen (secondary N) is 5. The molecule has 37 nitrogen and oxygen atoms in total. The maximum Gasteiger partial charge on any atom is 0.336 e. The molecule has 7 heterocycles. The second-order valence-corrected chi connectivity index (χ2v) is 39.8. The molecule has 150 heavy (non-hydrogen) atoms. The second kappa shape index (κ2) is 47.8. The highest BCUT2D eigenvalue weighted by atomic mass is 16.5. The third kappa shape index (κ3) is 25.5. The monoisotopic (exact) mass is 2040 g/mol. The van der Waals surface area contributed by atoms with Crippen molar-refractivity contribution in [3.8, 4) is 79.5 Å². The molecule has 2 fully saturated rings. The molecule has 4 aromatic heterocycles. The van der Waals surface area contributed by atoms with Crippen LogP contribution >= 0.6 is 0 Å². The molecule has 37 heteroatoms. The fourth-order valence-electron chi connectivity index (χ4n) is 19.0. The molecule has 8 aromatic carbocycles. The van der Waals surface area contributed by atoms with Crippen LogP contribution in [0.4, 0.5) is 17.1 Å². The van der Waals surface area contributed by atoms with Crippen molar-refractivity contribution in [3.05, 3.63) is 192 Å². The first-order chi connectivity index (χ1) is 72.0. The van der Waals surface area contributed by atoms with Crippen LogP contribution < -0.4 is 45.2 Å². The van der Waals surface area contributed by atoms with Crippen LogP contribution in [0.5, 0.6) is 11.5 Å². The molecule has 16 rings (SSSR count). The summed E-state index contributed by atoms with van der Waals surface area (Å²) >= 11 is 0. The van der Waals surface area contributed by atoms with E-state index in [4.69, 9.17) is 39.6 Å². The van der Waals surface area contributed by atoms with Crippen molar-refractivity contribution in [2.75, 3.05) is 204 Å². The fourth-order valence-corrected chi connectivity index (χ4v) is 19.0. The number of anilines is 3. The first kappa shape index (κ1) is 107. The van der Waals surface area contributed by atoms with E-state index in [1.807, 2.05) is 159 Å². The summed E-state index contributed by atoms with van der Waals surface area (Å²) in [6, 6.07) is 52.6. The van der Waals surface area contributed by atoms with E-state index in [0.29, 0.717) is 108 Å². The van der Waals surface area contributed by atoms with Crippen molar-refractivity contribution in [2.45, 2.75) is 103 Å². The molecule has 8 N–H and O–H groups in total. The number of nitrogens with two attached hydrogens (primary N) is 1. The Balaban J connectivity index is 0.498.